The Labute approximate surface area is 124 Å². The highest BCUT2D eigenvalue weighted by atomic mass is 35.5. The molecule has 0 saturated heterocycles. The number of rotatable bonds is 5. The number of carbonyl (C=O) groups is 1. The largest absolute Gasteiger partial charge is 0.325 e. The molecule has 0 saturated carbocycles. The Balaban J connectivity index is 1.82. The Hall–Kier alpha value is -1.84. The molecule has 0 fully saturated rings. The summed E-state index contributed by atoms with van der Waals surface area (Å²) in [5, 5.41) is 6.66. The second-order valence-electron chi connectivity index (χ2n) is 4.57. The Morgan fingerprint density at radius 2 is 1.75 bits per heavy atom. The first-order chi connectivity index (χ1) is 9.65. The maximum Gasteiger partial charge on any atom is 0.238 e. The molecule has 0 aliphatic rings. The van der Waals surface area contributed by atoms with Crippen molar-refractivity contribution in [3.8, 4) is 0 Å². The van der Waals surface area contributed by atoms with E-state index in [2.05, 4.69) is 10.6 Å². The van der Waals surface area contributed by atoms with Crippen LogP contribution in [0.2, 0.25) is 5.02 Å². The molecule has 20 heavy (non-hydrogen) atoms. The molecular weight excluding hydrogens is 272 g/mol. The molecule has 0 heterocycles. The molecule has 0 aromatic heterocycles. The molecule has 0 aliphatic heterocycles. The number of nitrogens with one attached hydrogen (secondary N) is 2. The minimum atomic E-state index is -0.0740. The first-order valence-corrected chi connectivity index (χ1v) is 6.86. The summed E-state index contributed by atoms with van der Waals surface area (Å²) >= 11 is 5.79. The molecule has 0 bridgehead atoms. The standard InChI is InChI=1S/C16H17ClN2O/c1-12(13-5-3-2-4-6-13)18-11-16(20)19-15-9-7-14(17)8-10-15/h2-10,12,18H,11H2,1H3,(H,19,20). The minimum absolute atomic E-state index is 0.0740. The van der Waals surface area contributed by atoms with Gasteiger partial charge in [-0.3, -0.25) is 4.79 Å². The van der Waals surface area contributed by atoms with Crippen molar-refractivity contribution in [1.82, 2.24) is 5.32 Å². The minimum Gasteiger partial charge on any atom is -0.325 e. The van der Waals surface area contributed by atoms with E-state index in [0.717, 1.165) is 11.3 Å². The van der Waals surface area contributed by atoms with Crippen molar-refractivity contribution in [3.63, 3.8) is 0 Å². The zero-order chi connectivity index (χ0) is 14.4. The third-order valence-electron chi connectivity index (χ3n) is 3.00. The van der Waals surface area contributed by atoms with Crippen LogP contribution in [0.5, 0.6) is 0 Å². The van der Waals surface area contributed by atoms with Gasteiger partial charge in [0.05, 0.1) is 6.54 Å². The van der Waals surface area contributed by atoms with Crippen molar-refractivity contribution < 1.29 is 4.79 Å². The highest BCUT2D eigenvalue weighted by Crippen LogP contribution is 2.13. The van der Waals surface area contributed by atoms with Gasteiger partial charge in [-0.05, 0) is 36.8 Å². The molecule has 1 atom stereocenters. The Morgan fingerprint density at radius 1 is 1.10 bits per heavy atom. The van der Waals surface area contributed by atoms with Gasteiger partial charge in [-0.25, -0.2) is 0 Å². The van der Waals surface area contributed by atoms with E-state index >= 15 is 0 Å². The maximum atomic E-state index is 11.8. The lowest BCUT2D eigenvalue weighted by atomic mass is 10.1. The van der Waals surface area contributed by atoms with Crippen LogP contribution >= 0.6 is 11.6 Å². The van der Waals surface area contributed by atoms with Crippen molar-refractivity contribution in [2.24, 2.45) is 0 Å². The quantitative estimate of drug-likeness (QED) is 0.882. The third-order valence-corrected chi connectivity index (χ3v) is 3.25. The van der Waals surface area contributed by atoms with Gasteiger partial charge >= 0.3 is 0 Å². The van der Waals surface area contributed by atoms with Crippen LogP contribution in [-0.2, 0) is 4.79 Å². The Morgan fingerprint density at radius 3 is 2.40 bits per heavy atom. The van der Waals surface area contributed by atoms with Crippen molar-refractivity contribution in [2.75, 3.05) is 11.9 Å². The van der Waals surface area contributed by atoms with E-state index in [1.807, 2.05) is 37.3 Å². The van der Waals surface area contributed by atoms with Gasteiger partial charge < -0.3 is 10.6 Å². The molecule has 2 N–H and O–H groups in total. The van der Waals surface area contributed by atoms with Crippen LogP contribution in [0.1, 0.15) is 18.5 Å². The van der Waals surface area contributed by atoms with Crippen molar-refractivity contribution >= 4 is 23.2 Å². The smallest absolute Gasteiger partial charge is 0.238 e. The van der Waals surface area contributed by atoms with E-state index in [-0.39, 0.29) is 18.5 Å². The van der Waals surface area contributed by atoms with Gasteiger partial charge in [0.25, 0.3) is 0 Å². The summed E-state index contributed by atoms with van der Waals surface area (Å²) in [5.41, 5.74) is 1.90. The second-order valence-corrected chi connectivity index (χ2v) is 5.00. The number of halogens is 1. The van der Waals surface area contributed by atoms with Crippen LogP contribution < -0.4 is 10.6 Å². The van der Waals surface area contributed by atoms with Gasteiger partial charge in [-0.2, -0.15) is 0 Å². The lowest BCUT2D eigenvalue weighted by Gasteiger charge is -2.14. The molecule has 0 aliphatic carbocycles. The Bertz CT molecular complexity index is 554. The predicted octanol–water partition coefficient (Wildman–Crippen LogP) is 3.63. The summed E-state index contributed by atoms with van der Waals surface area (Å²) in [6.07, 6.45) is 0. The van der Waals surface area contributed by atoms with Gasteiger partial charge in [0.15, 0.2) is 0 Å². The van der Waals surface area contributed by atoms with Crippen molar-refractivity contribution in [1.29, 1.82) is 0 Å². The van der Waals surface area contributed by atoms with E-state index in [0.29, 0.717) is 5.02 Å². The number of carbonyl (C=O) groups excluding carboxylic acids is 1. The van der Waals surface area contributed by atoms with Crippen LogP contribution in [-0.4, -0.2) is 12.5 Å². The molecular formula is C16H17ClN2O. The number of anilines is 1. The maximum absolute atomic E-state index is 11.8. The number of hydrogen-bond acceptors (Lipinski definition) is 2. The molecule has 3 nitrogen and oxygen atoms in total. The molecule has 2 aromatic rings. The molecule has 4 heteroatoms. The average molecular weight is 289 g/mol. The summed E-state index contributed by atoms with van der Waals surface area (Å²) in [7, 11) is 0. The van der Waals surface area contributed by atoms with Crippen LogP contribution in [0.3, 0.4) is 0 Å². The number of benzene rings is 2. The summed E-state index contributed by atoms with van der Waals surface area (Å²) < 4.78 is 0. The fraction of sp³-hybridized carbons (Fsp3) is 0.188. The van der Waals surface area contributed by atoms with Gasteiger partial charge in [0.2, 0.25) is 5.91 Å². The van der Waals surface area contributed by atoms with Crippen molar-refractivity contribution in [2.45, 2.75) is 13.0 Å². The van der Waals surface area contributed by atoms with Crippen LogP contribution in [0.4, 0.5) is 5.69 Å². The molecule has 2 rings (SSSR count). The monoisotopic (exact) mass is 288 g/mol. The summed E-state index contributed by atoms with van der Waals surface area (Å²) in [6, 6.07) is 17.2. The van der Waals surface area contributed by atoms with E-state index in [4.69, 9.17) is 11.6 Å². The highest BCUT2D eigenvalue weighted by molar-refractivity contribution is 6.30. The molecule has 2 aromatic carbocycles. The summed E-state index contributed by atoms with van der Waals surface area (Å²) in [4.78, 5) is 11.8. The zero-order valence-corrected chi connectivity index (χ0v) is 12.0. The van der Waals surface area contributed by atoms with Gasteiger partial charge in [0.1, 0.15) is 0 Å². The summed E-state index contributed by atoms with van der Waals surface area (Å²) in [5.74, 6) is -0.0740. The summed E-state index contributed by atoms with van der Waals surface area (Å²) in [6.45, 7) is 2.30. The number of hydrogen-bond donors (Lipinski definition) is 2. The normalized spacial score (nSPS) is 11.9. The van der Waals surface area contributed by atoms with Gasteiger partial charge in [-0.1, -0.05) is 41.9 Å². The molecule has 1 amide bonds. The van der Waals surface area contributed by atoms with E-state index in [1.165, 1.54) is 0 Å². The molecule has 0 radical (unpaired) electrons. The number of amides is 1. The van der Waals surface area contributed by atoms with Gasteiger partial charge in [0, 0.05) is 16.8 Å². The van der Waals surface area contributed by atoms with Crippen LogP contribution in [0.25, 0.3) is 0 Å². The molecule has 1 unspecified atom stereocenters. The van der Waals surface area contributed by atoms with E-state index < -0.39 is 0 Å². The van der Waals surface area contributed by atoms with Crippen molar-refractivity contribution in [3.05, 3.63) is 65.2 Å². The first-order valence-electron chi connectivity index (χ1n) is 6.49. The van der Waals surface area contributed by atoms with Gasteiger partial charge in [-0.15, -0.1) is 0 Å². The topological polar surface area (TPSA) is 41.1 Å². The predicted molar refractivity (Wildman–Crippen MR) is 82.9 cm³/mol. The molecule has 104 valence electrons. The highest BCUT2D eigenvalue weighted by Gasteiger charge is 2.07. The lowest BCUT2D eigenvalue weighted by molar-refractivity contribution is -0.115. The van der Waals surface area contributed by atoms with E-state index in [9.17, 15) is 4.79 Å². The third kappa shape index (κ3) is 4.37. The zero-order valence-electron chi connectivity index (χ0n) is 11.3. The lowest BCUT2D eigenvalue weighted by Crippen LogP contribution is -2.30. The SMILES string of the molecule is CC(NCC(=O)Nc1ccc(Cl)cc1)c1ccccc1. The molecule has 0 spiro atoms. The second kappa shape index (κ2) is 7.08. The average Bonchev–Trinajstić information content (AvgIpc) is 2.48. The first kappa shape index (κ1) is 14.6. The Kier molecular flexibility index (Phi) is 5.16. The van der Waals surface area contributed by atoms with E-state index in [1.54, 1.807) is 24.3 Å². The van der Waals surface area contributed by atoms with Crippen LogP contribution in [0, 0.1) is 0 Å². The fourth-order valence-electron chi connectivity index (χ4n) is 1.84. The van der Waals surface area contributed by atoms with Crippen LogP contribution in [0.15, 0.2) is 54.6 Å². The fourth-order valence-corrected chi connectivity index (χ4v) is 1.97.